The minimum absolute atomic E-state index is 0.102. The van der Waals surface area contributed by atoms with Crippen molar-refractivity contribution >= 4 is 34.8 Å². The number of rotatable bonds is 7. The number of aliphatic imine (C=N–C) groups is 1. The molecular weight excluding hydrogens is 380 g/mol. The number of aliphatic carboxylic acids is 1. The Morgan fingerprint density at radius 3 is 2.39 bits per heavy atom. The second-order valence-electron chi connectivity index (χ2n) is 6.22. The summed E-state index contributed by atoms with van der Waals surface area (Å²) in [5, 5.41) is 9.47. The predicted molar refractivity (Wildman–Crippen MR) is 108 cm³/mol. The molecule has 0 saturated carbocycles. The van der Waals surface area contributed by atoms with Gasteiger partial charge < -0.3 is 14.7 Å². The van der Waals surface area contributed by atoms with Crippen molar-refractivity contribution in [3.63, 3.8) is 0 Å². The van der Waals surface area contributed by atoms with E-state index in [1.165, 1.54) is 0 Å². The van der Waals surface area contributed by atoms with Gasteiger partial charge in [0.25, 0.3) is 0 Å². The maximum absolute atomic E-state index is 12.5. The third kappa shape index (κ3) is 4.78. The zero-order valence-corrected chi connectivity index (χ0v) is 16.0. The van der Waals surface area contributed by atoms with Crippen LogP contribution in [0.25, 0.3) is 0 Å². The summed E-state index contributed by atoms with van der Waals surface area (Å²) in [5.41, 5.74) is 2.65. The Kier molecular flexibility index (Phi) is 6.11. The smallest absolute Gasteiger partial charge is 0.303 e. The minimum atomic E-state index is -1.02. The average molecular weight is 399 g/mol. The summed E-state index contributed by atoms with van der Waals surface area (Å²) in [6.07, 6.45) is 1.32. The fraction of sp³-hybridized carbons (Fsp3) is 0.190. The van der Waals surface area contributed by atoms with Crippen molar-refractivity contribution in [3.05, 3.63) is 71.0 Å². The molecule has 0 radical (unpaired) electrons. The van der Waals surface area contributed by atoms with Gasteiger partial charge in [0.1, 0.15) is 11.4 Å². The topological polar surface area (TPSA) is 79.2 Å². The van der Waals surface area contributed by atoms with E-state index < -0.39 is 5.97 Å². The lowest BCUT2D eigenvalue weighted by Gasteiger charge is -2.26. The number of hydrogen-bond acceptors (Lipinski definition) is 5. The number of carbonyl (C=O) groups is 2. The lowest BCUT2D eigenvalue weighted by atomic mass is 10.1. The molecule has 0 unspecified atom stereocenters. The molecule has 0 fully saturated rings. The molecule has 2 aromatic carbocycles. The Bertz CT molecular complexity index is 934. The van der Waals surface area contributed by atoms with Crippen LogP contribution in [0.3, 0.4) is 0 Å². The number of Topliss-reactive ketones (excluding diaryl/α,β-unsaturated/α-hetero) is 1. The number of benzene rings is 2. The van der Waals surface area contributed by atoms with Crippen molar-refractivity contribution in [2.45, 2.75) is 12.8 Å². The molecule has 0 saturated heterocycles. The number of halogens is 1. The first-order valence-electron chi connectivity index (χ1n) is 8.67. The summed E-state index contributed by atoms with van der Waals surface area (Å²) in [7, 11) is 1.60. The summed E-state index contributed by atoms with van der Waals surface area (Å²) in [6.45, 7) is 0.462. The lowest BCUT2D eigenvalue weighted by molar-refractivity contribution is -0.138. The average Bonchev–Trinajstić information content (AvgIpc) is 2.72. The molecule has 6 nitrogen and oxygen atoms in total. The van der Waals surface area contributed by atoms with Crippen LogP contribution in [-0.2, 0) is 9.59 Å². The van der Waals surface area contributed by atoms with Gasteiger partial charge in [0.15, 0.2) is 5.78 Å². The Labute approximate surface area is 167 Å². The van der Waals surface area contributed by atoms with E-state index >= 15 is 0 Å². The Morgan fingerprint density at radius 2 is 1.79 bits per heavy atom. The molecule has 28 heavy (non-hydrogen) atoms. The molecule has 1 N–H and O–H groups in total. The van der Waals surface area contributed by atoms with E-state index in [9.17, 15) is 9.59 Å². The molecule has 0 amide bonds. The summed E-state index contributed by atoms with van der Waals surface area (Å²) >= 11 is 5.97. The zero-order chi connectivity index (χ0) is 20.1. The molecule has 1 aliphatic rings. The van der Waals surface area contributed by atoms with Crippen LogP contribution in [0, 0.1) is 0 Å². The van der Waals surface area contributed by atoms with Gasteiger partial charge in [0.05, 0.1) is 25.8 Å². The highest BCUT2D eigenvalue weighted by atomic mass is 35.5. The quantitative estimate of drug-likeness (QED) is 0.764. The highest BCUT2D eigenvalue weighted by Crippen LogP contribution is 2.25. The number of carboxylic acids is 1. The van der Waals surface area contributed by atoms with Gasteiger partial charge in [-0.2, -0.15) is 0 Å². The van der Waals surface area contributed by atoms with Gasteiger partial charge in [-0.05, 0) is 42.0 Å². The van der Waals surface area contributed by atoms with E-state index in [1.54, 1.807) is 25.4 Å². The van der Waals surface area contributed by atoms with Crippen LogP contribution in [0.15, 0.2) is 65.4 Å². The number of nitrogens with zero attached hydrogens (tertiary/aromatic N) is 2. The number of ether oxygens (including phenoxy) is 1. The Balaban J connectivity index is 1.93. The van der Waals surface area contributed by atoms with E-state index in [0.717, 1.165) is 17.0 Å². The van der Waals surface area contributed by atoms with E-state index in [-0.39, 0.29) is 24.3 Å². The highest BCUT2D eigenvalue weighted by Gasteiger charge is 2.21. The van der Waals surface area contributed by atoms with Crippen LogP contribution in [0.4, 0.5) is 5.69 Å². The molecule has 144 valence electrons. The second kappa shape index (κ2) is 8.71. The van der Waals surface area contributed by atoms with Crippen molar-refractivity contribution in [2.24, 2.45) is 4.99 Å². The van der Waals surface area contributed by atoms with E-state index in [2.05, 4.69) is 4.99 Å². The molecule has 0 spiro atoms. The standard InChI is InChI=1S/C21H19ClN2O4/c1-28-17-8-6-16(7-9-17)24-12-18(14-2-4-15(22)5-3-14)23-19(13-24)20(25)10-11-21(26)27/h2-9,13H,10-12H2,1H3,(H,26,27). The first-order valence-corrected chi connectivity index (χ1v) is 9.05. The van der Waals surface area contributed by atoms with Crippen LogP contribution in [0.2, 0.25) is 5.02 Å². The molecular formula is C21H19ClN2O4. The van der Waals surface area contributed by atoms with E-state index in [0.29, 0.717) is 17.3 Å². The number of ketones is 1. The molecule has 1 heterocycles. The Hall–Kier alpha value is -3.12. The van der Waals surface area contributed by atoms with Crippen molar-refractivity contribution in [2.75, 3.05) is 18.6 Å². The molecule has 1 aliphatic heterocycles. The number of hydrogen-bond donors (Lipinski definition) is 1. The van der Waals surface area contributed by atoms with Crippen molar-refractivity contribution in [3.8, 4) is 5.75 Å². The number of anilines is 1. The Morgan fingerprint density at radius 1 is 1.11 bits per heavy atom. The van der Waals surface area contributed by atoms with Gasteiger partial charge in [0.2, 0.25) is 0 Å². The highest BCUT2D eigenvalue weighted by molar-refractivity contribution is 6.30. The maximum Gasteiger partial charge on any atom is 0.303 e. The van der Waals surface area contributed by atoms with Gasteiger partial charge in [-0.1, -0.05) is 23.7 Å². The van der Waals surface area contributed by atoms with Gasteiger partial charge >= 0.3 is 5.97 Å². The normalized spacial score (nSPS) is 13.6. The predicted octanol–water partition coefficient (Wildman–Crippen LogP) is 3.93. The molecule has 0 aromatic heterocycles. The summed E-state index contributed by atoms with van der Waals surface area (Å²) < 4.78 is 5.19. The maximum atomic E-state index is 12.5. The number of methoxy groups -OCH3 is 1. The van der Waals surface area contributed by atoms with Crippen molar-refractivity contribution < 1.29 is 19.4 Å². The SMILES string of the molecule is COc1ccc(N2C=C(C(=O)CCC(=O)O)N=C(c3ccc(Cl)cc3)C2)cc1. The molecule has 7 heteroatoms. The van der Waals surface area contributed by atoms with Crippen LogP contribution < -0.4 is 9.64 Å². The summed E-state index contributed by atoms with van der Waals surface area (Å²) in [5.74, 6) is -0.597. The van der Waals surface area contributed by atoms with Gasteiger partial charge in [-0.15, -0.1) is 0 Å². The fourth-order valence-corrected chi connectivity index (χ4v) is 2.91. The van der Waals surface area contributed by atoms with Gasteiger partial charge in [-0.25, -0.2) is 4.99 Å². The molecule has 0 aliphatic carbocycles. The largest absolute Gasteiger partial charge is 0.497 e. The minimum Gasteiger partial charge on any atom is -0.497 e. The van der Waals surface area contributed by atoms with Crippen molar-refractivity contribution in [1.82, 2.24) is 0 Å². The molecule has 0 atom stereocenters. The van der Waals surface area contributed by atoms with Crippen molar-refractivity contribution in [1.29, 1.82) is 0 Å². The van der Waals surface area contributed by atoms with Crippen LogP contribution in [-0.4, -0.2) is 36.2 Å². The monoisotopic (exact) mass is 398 g/mol. The van der Waals surface area contributed by atoms with E-state index in [4.69, 9.17) is 21.4 Å². The van der Waals surface area contributed by atoms with E-state index in [1.807, 2.05) is 41.3 Å². The fourth-order valence-electron chi connectivity index (χ4n) is 2.78. The van der Waals surface area contributed by atoms with Gasteiger partial charge in [-0.3, -0.25) is 9.59 Å². The number of carboxylic acid groups (broad SMARTS) is 1. The second-order valence-corrected chi connectivity index (χ2v) is 6.66. The molecule has 0 bridgehead atoms. The summed E-state index contributed by atoms with van der Waals surface area (Å²) in [6, 6.07) is 14.7. The van der Waals surface area contributed by atoms with Crippen LogP contribution >= 0.6 is 11.6 Å². The number of allylic oxidation sites excluding steroid dienone is 1. The number of carbonyl (C=O) groups excluding carboxylic acids is 1. The van der Waals surface area contributed by atoms with Crippen LogP contribution in [0.5, 0.6) is 5.75 Å². The molecule has 2 aromatic rings. The summed E-state index contributed by atoms with van der Waals surface area (Å²) in [4.78, 5) is 29.7. The van der Waals surface area contributed by atoms with Gasteiger partial charge in [0, 0.05) is 23.3 Å². The first kappa shape index (κ1) is 19.6. The lowest BCUT2D eigenvalue weighted by Crippen LogP contribution is -2.30. The third-order valence-electron chi connectivity index (χ3n) is 4.29. The first-order chi connectivity index (χ1) is 13.5. The zero-order valence-electron chi connectivity index (χ0n) is 15.3. The van der Waals surface area contributed by atoms with Crippen LogP contribution in [0.1, 0.15) is 18.4 Å². The molecule has 3 rings (SSSR count). The third-order valence-corrected chi connectivity index (χ3v) is 4.54.